The van der Waals surface area contributed by atoms with E-state index in [9.17, 15) is 0 Å². The molecule has 0 N–H and O–H groups in total. The van der Waals surface area contributed by atoms with Crippen molar-refractivity contribution in [1.29, 1.82) is 0 Å². The van der Waals surface area contributed by atoms with Crippen molar-refractivity contribution in [3.05, 3.63) is 64.9 Å². The van der Waals surface area contributed by atoms with Crippen LogP contribution in [0.2, 0.25) is 0 Å². The van der Waals surface area contributed by atoms with E-state index in [1.54, 1.807) is 17.5 Å². The number of fused-ring (bicyclic) bond motifs is 1. The quantitative estimate of drug-likeness (QED) is 0.680. The number of hydrogen-bond donors (Lipinski definition) is 0. The van der Waals surface area contributed by atoms with Gasteiger partial charge in [0.05, 0.1) is 32.0 Å². The third-order valence-electron chi connectivity index (χ3n) is 4.31. The second kappa shape index (κ2) is 7.86. The van der Waals surface area contributed by atoms with Gasteiger partial charge in [0.15, 0.2) is 0 Å². The molecule has 130 valence electrons. The molecule has 3 aromatic heterocycles. The molecule has 0 fully saturated rings. The van der Waals surface area contributed by atoms with Crippen LogP contribution in [-0.2, 0) is 31.0 Å². The van der Waals surface area contributed by atoms with E-state index >= 15 is 0 Å². The molecule has 1 aliphatic rings. The smallest absolute Gasteiger partial charge is 0.122 e. The Balaban J connectivity index is 1.40. The first-order valence-electron chi connectivity index (χ1n) is 8.45. The van der Waals surface area contributed by atoms with Gasteiger partial charge in [0.2, 0.25) is 0 Å². The molecule has 4 heterocycles. The fraction of sp³-hybridized carbons (Fsp3) is 0.389. The van der Waals surface area contributed by atoms with Crippen LogP contribution >= 0.6 is 11.3 Å². The van der Waals surface area contributed by atoms with E-state index in [1.807, 2.05) is 36.0 Å². The van der Waals surface area contributed by atoms with E-state index < -0.39 is 0 Å². The minimum Gasteiger partial charge on any atom is -0.375 e. The highest BCUT2D eigenvalue weighted by Gasteiger charge is 2.23. The molecular weight excluding hydrogens is 334 g/mol. The van der Waals surface area contributed by atoms with E-state index in [2.05, 4.69) is 30.6 Å². The van der Waals surface area contributed by atoms with Gasteiger partial charge in [-0.2, -0.15) is 0 Å². The lowest BCUT2D eigenvalue weighted by Gasteiger charge is -2.22. The van der Waals surface area contributed by atoms with E-state index in [0.717, 1.165) is 42.7 Å². The van der Waals surface area contributed by atoms with Gasteiger partial charge in [0.1, 0.15) is 10.8 Å². The molecule has 3 aromatic rings. The molecule has 0 saturated carbocycles. The Bertz CT molecular complexity index is 774. The standard InChI is InChI=1S/C18H21N5OS/c1-2-4-19-16(3-1)14-24-13-15-9-22(12-18-21-6-8-25-18)11-17-20-5-7-23(17)10-15/h1-8,15H,9-14H2/t15-/m1/s1. The van der Waals surface area contributed by atoms with Crippen LogP contribution < -0.4 is 0 Å². The normalized spacial score (nSPS) is 18.0. The maximum atomic E-state index is 5.95. The predicted octanol–water partition coefficient (Wildman–Crippen LogP) is 2.58. The van der Waals surface area contributed by atoms with Crippen molar-refractivity contribution in [2.24, 2.45) is 5.92 Å². The Morgan fingerprint density at radius 2 is 2.12 bits per heavy atom. The Kier molecular flexibility index (Phi) is 5.15. The largest absolute Gasteiger partial charge is 0.375 e. The van der Waals surface area contributed by atoms with Crippen LogP contribution in [-0.4, -0.2) is 37.6 Å². The second-order valence-corrected chi connectivity index (χ2v) is 7.27. The van der Waals surface area contributed by atoms with E-state index in [4.69, 9.17) is 4.74 Å². The number of hydrogen-bond acceptors (Lipinski definition) is 6. The zero-order valence-electron chi connectivity index (χ0n) is 14.0. The van der Waals surface area contributed by atoms with Gasteiger partial charge in [-0.05, 0) is 12.1 Å². The van der Waals surface area contributed by atoms with Gasteiger partial charge < -0.3 is 9.30 Å². The highest BCUT2D eigenvalue weighted by molar-refractivity contribution is 7.09. The van der Waals surface area contributed by atoms with Crippen molar-refractivity contribution in [3.63, 3.8) is 0 Å². The fourth-order valence-electron chi connectivity index (χ4n) is 3.19. The van der Waals surface area contributed by atoms with Crippen LogP contribution in [0.25, 0.3) is 0 Å². The monoisotopic (exact) mass is 355 g/mol. The molecule has 1 atom stereocenters. The lowest BCUT2D eigenvalue weighted by atomic mass is 10.1. The van der Waals surface area contributed by atoms with Gasteiger partial charge in [-0.25, -0.2) is 9.97 Å². The molecule has 0 radical (unpaired) electrons. The van der Waals surface area contributed by atoms with Gasteiger partial charge in [0, 0.05) is 49.2 Å². The first-order chi connectivity index (χ1) is 12.4. The first-order valence-corrected chi connectivity index (χ1v) is 9.33. The summed E-state index contributed by atoms with van der Waals surface area (Å²) in [5.74, 6) is 1.53. The minimum atomic E-state index is 0.416. The summed E-state index contributed by atoms with van der Waals surface area (Å²) < 4.78 is 8.20. The molecule has 7 heteroatoms. The van der Waals surface area contributed by atoms with Crippen LogP contribution in [0.5, 0.6) is 0 Å². The van der Waals surface area contributed by atoms with E-state index in [1.165, 1.54) is 0 Å². The highest BCUT2D eigenvalue weighted by Crippen LogP contribution is 2.19. The lowest BCUT2D eigenvalue weighted by Crippen LogP contribution is -2.30. The topological polar surface area (TPSA) is 56.1 Å². The van der Waals surface area contributed by atoms with Gasteiger partial charge >= 0.3 is 0 Å². The lowest BCUT2D eigenvalue weighted by molar-refractivity contribution is 0.0649. The van der Waals surface area contributed by atoms with E-state index in [0.29, 0.717) is 19.1 Å². The molecule has 0 amide bonds. The molecule has 6 nitrogen and oxygen atoms in total. The second-order valence-electron chi connectivity index (χ2n) is 6.29. The van der Waals surface area contributed by atoms with Crippen molar-refractivity contribution in [3.8, 4) is 0 Å². The van der Waals surface area contributed by atoms with Crippen molar-refractivity contribution < 1.29 is 4.74 Å². The maximum Gasteiger partial charge on any atom is 0.122 e. The molecular formula is C18H21N5OS. The zero-order valence-corrected chi connectivity index (χ0v) is 14.8. The van der Waals surface area contributed by atoms with Gasteiger partial charge in [-0.1, -0.05) is 6.07 Å². The summed E-state index contributed by atoms with van der Waals surface area (Å²) in [4.78, 5) is 15.7. The number of ether oxygens (including phenoxy) is 1. The number of pyridine rings is 1. The summed E-state index contributed by atoms with van der Waals surface area (Å²) in [7, 11) is 0. The molecule has 25 heavy (non-hydrogen) atoms. The van der Waals surface area contributed by atoms with Crippen molar-refractivity contribution in [2.45, 2.75) is 26.2 Å². The summed E-state index contributed by atoms with van der Waals surface area (Å²) in [5, 5.41) is 3.18. The highest BCUT2D eigenvalue weighted by atomic mass is 32.1. The Morgan fingerprint density at radius 1 is 1.12 bits per heavy atom. The number of imidazole rings is 1. The Hall–Kier alpha value is -2.09. The SMILES string of the molecule is c1ccc(COC[C@@H]2CN(Cc3nccs3)Cc3nccn3C2)nc1. The number of nitrogens with zero attached hydrogens (tertiary/aromatic N) is 5. The summed E-state index contributed by atoms with van der Waals surface area (Å²) in [5.41, 5.74) is 0.971. The minimum absolute atomic E-state index is 0.416. The van der Waals surface area contributed by atoms with Crippen molar-refractivity contribution in [1.82, 2.24) is 24.4 Å². The average molecular weight is 355 g/mol. The number of aromatic nitrogens is 4. The van der Waals surface area contributed by atoms with Gasteiger partial charge in [-0.3, -0.25) is 9.88 Å². The molecule has 4 rings (SSSR count). The number of thiazole rings is 1. The molecule has 0 spiro atoms. The summed E-state index contributed by atoms with van der Waals surface area (Å²) in [6.07, 6.45) is 7.62. The zero-order chi connectivity index (χ0) is 16.9. The van der Waals surface area contributed by atoms with Crippen molar-refractivity contribution >= 4 is 11.3 Å². The number of rotatable bonds is 6. The molecule has 0 bridgehead atoms. The van der Waals surface area contributed by atoms with Crippen LogP contribution in [0.1, 0.15) is 16.5 Å². The summed E-state index contributed by atoms with van der Waals surface area (Å²) in [6.45, 7) is 4.89. The molecule has 0 aliphatic carbocycles. The van der Waals surface area contributed by atoms with Crippen LogP contribution in [0.3, 0.4) is 0 Å². The molecule has 0 unspecified atom stereocenters. The third-order valence-corrected chi connectivity index (χ3v) is 5.07. The first kappa shape index (κ1) is 16.4. The van der Waals surface area contributed by atoms with E-state index in [-0.39, 0.29) is 0 Å². The average Bonchev–Trinajstić information content (AvgIpc) is 3.25. The van der Waals surface area contributed by atoms with Gasteiger partial charge in [0.25, 0.3) is 0 Å². The maximum absolute atomic E-state index is 5.95. The Labute approximate surface area is 151 Å². The van der Waals surface area contributed by atoms with Crippen LogP contribution in [0.15, 0.2) is 48.4 Å². The van der Waals surface area contributed by atoms with Crippen molar-refractivity contribution in [2.75, 3.05) is 13.2 Å². The third kappa shape index (κ3) is 4.31. The predicted molar refractivity (Wildman–Crippen MR) is 95.8 cm³/mol. The molecule has 1 aliphatic heterocycles. The Morgan fingerprint density at radius 3 is 2.96 bits per heavy atom. The van der Waals surface area contributed by atoms with Crippen LogP contribution in [0.4, 0.5) is 0 Å². The fourth-order valence-corrected chi connectivity index (χ4v) is 3.84. The van der Waals surface area contributed by atoms with Crippen LogP contribution in [0, 0.1) is 5.92 Å². The molecule has 0 aromatic carbocycles. The summed E-state index contributed by atoms with van der Waals surface area (Å²) >= 11 is 1.70. The molecule has 0 saturated heterocycles. The van der Waals surface area contributed by atoms with Gasteiger partial charge in [-0.15, -0.1) is 11.3 Å². The summed E-state index contributed by atoms with van der Waals surface area (Å²) in [6, 6.07) is 5.91.